The first-order chi connectivity index (χ1) is 21.3. The van der Waals surface area contributed by atoms with Crippen LogP contribution in [0.4, 0.5) is 5.69 Å². The maximum absolute atomic E-state index is 13.0. The van der Waals surface area contributed by atoms with Crippen molar-refractivity contribution in [1.29, 1.82) is 0 Å². The highest BCUT2D eigenvalue weighted by atomic mass is 32.2. The lowest BCUT2D eigenvalue weighted by Crippen LogP contribution is -2.38. The lowest BCUT2D eigenvalue weighted by Gasteiger charge is -2.26. The molecule has 0 unspecified atom stereocenters. The molecule has 0 aromatic heterocycles. The molecule has 2 heterocycles. The van der Waals surface area contributed by atoms with E-state index in [4.69, 9.17) is 9.47 Å². The van der Waals surface area contributed by atoms with Crippen molar-refractivity contribution in [2.24, 2.45) is 5.92 Å². The van der Waals surface area contributed by atoms with E-state index in [-0.39, 0.29) is 23.2 Å². The van der Waals surface area contributed by atoms with Gasteiger partial charge in [0.2, 0.25) is 0 Å². The molecule has 0 bridgehead atoms. The second kappa shape index (κ2) is 15.0. The predicted octanol–water partition coefficient (Wildman–Crippen LogP) is 3.72. The van der Waals surface area contributed by atoms with E-state index in [2.05, 4.69) is 39.4 Å². The van der Waals surface area contributed by atoms with E-state index in [0.717, 1.165) is 70.2 Å². The maximum Gasteiger partial charge on any atom is 0.251 e. The fourth-order valence-corrected chi connectivity index (χ4v) is 6.66. The van der Waals surface area contributed by atoms with Crippen LogP contribution in [0, 0.1) is 5.92 Å². The van der Waals surface area contributed by atoms with Crippen molar-refractivity contribution in [3.63, 3.8) is 0 Å². The molecule has 2 aliphatic heterocycles. The fraction of sp³-hybridized carbons (Fsp3) is 0.441. The average molecular weight is 622 g/mol. The van der Waals surface area contributed by atoms with Crippen LogP contribution < -0.4 is 15.0 Å². The molecule has 0 saturated carbocycles. The molecule has 10 heteroatoms. The number of carbonyl (C=O) groups is 1. The highest BCUT2D eigenvalue weighted by Gasteiger charge is 2.24. The smallest absolute Gasteiger partial charge is 0.251 e. The second-order valence-corrected chi connectivity index (χ2v) is 13.8. The Hall–Kier alpha value is -3.44. The lowest BCUT2D eigenvalue weighted by atomic mass is 9.99. The van der Waals surface area contributed by atoms with E-state index in [1.54, 1.807) is 31.2 Å². The zero-order valence-electron chi connectivity index (χ0n) is 25.4. The summed E-state index contributed by atoms with van der Waals surface area (Å²) in [5, 5.41) is 12.8. The van der Waals surface area contributed by atoms with Gasteiger partial charge in [0, 0.05) is 44.0 Å². The fourth-order valence-electron chi connectivity index (χ4n) is 5.78. The van der Waals surface area contributed by atoms with Crippen LogP contribution in [0.5, 0.6) is 5.75 Å². The number of nitrogens with one attached hydrogen (secondary N) is 1. The average Bonchev–Trinajstić information content (AvgIpc) is 3.53. The summed E-state index contributed by atoms with van der Waals surface area (Å²) < 4.78 is 35.5. The number of aliphatic hydroxyl groups is 1. The highest BCUT2D eigenvalue weighted by molar-refractivity contribution is 7.91. The summed E-state index contributed by atoms with van der Waals surface area (Å²) in [6.45, 7) is 8.36. The summed E-state index contributed by atoms with van der Waals surface area (Å²) in [5.74, 6) is 1.18. The van der Waals surface area contributed by atoms with Crippen LogP contribution in [-0.4, -0.2) is 89.2 Å². The van der Waals surface area contributed by atoms with Gasteiger partial charge in [-0.3, -0.25) is 9.69 Å². The molecule has 1 amide bonds. The largest absolute Gasteiger partial charge is 0.492 e. The van der Waals surface area contributed by atoms with Gasteiger partial charge in [0.15, 0.2) is 9.84 Å². The molecule has 5 rings (SSSR count). The first-order valence-electron chi connectivity index (χ1n) is 15.5. The molecule has 2 saturated heterocycles. The Balaban J connectivity index is 1.08. The van der Waals surface area contributed by atoms with Gasteiger partial charge in [-0.25, -0.2) is 8.42 Å². The number of amides is 1. The molecular formula is C34H43N3O6S. The Labute approximate surface area is 260 Å². The van der Waals surface area contributed by atoms with Crippen molar-refractivity contribution in [3.05, 3.63) is 89.5 Å². The molecule has 0 aliphatic carbocycles. The van der Waals surface area contributed by atoms with Crippen LogP contribution in [0.15, 0.2) is 77.7 Å². The van der Waals surface area contributed by atoms with Crippen molar-refractivity contribution in [2.75, 3.05) is 69.8 Å². The summed E-state index contributed by atoms with van der Waals surface area (Å²) in [6, 6.07) is 21.7. The van der Waals surface area contributed by atoms with Gasteiger partial charge in [0.05, 0.1) is 36.5 Å². The molecule has 2 atom stereocenters. The van der Waals surface area contributed by atoms with Crippen LogP contribution >= 0.6 is 0 Å². The highest BCUT2D eigenvalue weighted by Crippen LogP contribution is 2.27. The number of benzene rings is 3. The van der Waals surface area contributed by atoms with Crippen LogP contribution in [0.3, 0.4) is 0 Å². The van der Waals surface area contributed by atoms with Crippen LogP contribution in [-0.2, 0) is 21.0 Å². The normalized spacial score (nSPS) is 18.2. The minimum atomic E-state index is -3.31. The molecule has 9 nitrogen and oxygen atoms in total. The maximum atomic E-state index is 13.0. The van der Waals surface area contributed by atoms with E-state index in [1.165, 1.54) is 17.7 Å². The van der Waals surface area contributed by atoms with Gasteiger partial charge >= 0.3 is 0 Å². The molecule has 2 aliphatic rings. The minimum absolute atomic E-state index is 0.0147. The third-order valence-corrected chi connectivity index (χ3v) is 10.3. The first kappa shape index (κ1) is 32.0. The third kappa shape index (κ3) is 8.38. The number of anilines is 1. The number of ether oxygens (including phenoxy) is 2. The van der Waals surface area contributed by atoms with E-state index in [9.17, 15) is 18.3 Å². The zero-order valence-corrected chi connectivity index (χ0v) is 26.2. The molecule has 44 heavy (non-hydrogen) atoms. The first-order valence-corrected chi connectivity index (χ1v) is 17.1. The van der Waals surface area contributed by atoms with Crippen molar-refractivity contribution in [3.8, 4) is 5.75 Å². The monoisotopic (exact) mass is 621 g/mol. The van der Waals surface area contributed by atoms with Crippen LogP contribution in [0.25, 0.3) is 0 Å². The Morgan fingerprint density at radius 2 is 1.70 bits per heavy atom. The molecule has 0 radical (unpaired) electrons. The number of hydrogen-bond acceptors (Lipinski definition) is 8. The number of morpholine rings is 1. The predicted molar refractivity (Wildman–Crippen MR) is 171 cm³/mol. The van der Waals surface area contributed by atoms with Gasteiger partial charge < -0.3 is 24.8 Å². The molecule has 3 aromatic rings. The van der Waals surface area contributed by atoms with Crippen molar-refractivity contribution >= 4 is 21.4 Å². The van der Waals surface area contributed by atoms with Crippen LogP contribution in [0.1, 0.15) is 40.9 Å². The summed E-state index contributed by atoms with van der Waals surface area (Å²) in [7, 11) is -3.31. The standard InChI is InChI=1S/C34H43N3O6S/c1-2-44(40,41)32-13-7-28(8-14-32)33(25-38)35-34(39)29-5-9-30(10-6-29)37-16-15-27(24-37)23-26-3-11-31(12-4-26)43-22-19-36-17-20-42-21-18-36/h3-14,27,33,38H,2,15-25H2,1H3,(H,35,39)/t27-,33-/m0/s1. The molecular weight excluding hydrogens is 578 g/mol. The molecule has 2 N–H and O–H groups in total. The van der Waals surface area contributed by atoms with Crippen molar-refractivity contribution < 1.29 is 27.8 Å². The number of carbonyl (C=O) groups excluding carboxylic acids is 1. The van der Waals surface area contributed by atoms with Crippen molar-refractivity contribution in [1.82, 2.24) is 10.2 Å². The van der Waals surface area contributed by atoms with Gasteiger partial charge in [-0.05, 0) is 78.4 Å². The number of rotatable bonds is 13. The topological polar surface area (TPSA) is 108 Å². The number of nitrogens with zero attached hydrogens (tertiary/aromatic N) is 2. The summed E-state index contributed by atoms with van der Waals surface area (Å²) >= 11 is 0. The quantitative estimate of drug-likeness (QED) is 0.298. The Bertz CT molecular complexity index is 1460. The number of aliphatic hydroxyl groups excluding tert-OH is 1. The van der Waals surface area contributed by atoms with Gasteiger partial charge in [0.1, 0.15) is 12.4 Å². The third-order valence-electron chi connectivity index (χ3n) is 8.52. The minimum Gasteiger partial charge on any atom is -0.492 e. The van der Waals surface area contributed by atoms with Gasteiger partial charge in [-0.15, -0.1) is 0 Å². The van der Waals surface area contributed by atoms with E-state index in [1.807, 2.05) is 12.1 Å². The number of hydrogen-bond donors (Lipinski definition) is 2. The van der Waals surface area contributed by atoms with E-state index < -0.39 is 15.9 Å². The zero-order chi connectivity index (χ0) is 30.9. The Morgan fingerprint density at radius 3 is 2.36 bits per heavy atom. The van der Waals surface area contributed by atoms with Gasteiger partial charge in [-0.2, -0.15) is 0 Å². The lowest BCUT2D eigenvalue weighted by molar-refractivity contribution is 0.0322. The Kier molecular flexibility index (Phi) is 10.9. The summed E-state index contributed by atoms with van der Waals surface area (Å²) in [4.78, 5) is 17.9. The summed E-state index contributed by atoms with van der Waals surface area (Å²) in [6.07, 6.45) is 2.12. The summed E-state index contributed by atoms with van der Waals surface area (Å²) in [5.41, 5.74) is 3.53. The second-order valence-electron chi connectivity index (χ2n) is 11.5. The Morgan fingerprint density at radius 1 is 1.00 bits per heavy atom. The van der Waals surface area contributed by atoms with Gasteiger partial charge in [0.25, 0.3) is 5.91 Å². The number of sulfone groups is 1. The van der Waals surface area contributed by atoms with Crippen LogP contribution in [0.2, 0.25) is 0 Å². The molecule has 0 spiro atoms. The van der Waals surface area contributed by atoms with Gasteiger partial charge in [-0.1, -0.05) is 31.2 Å². The molecule has 3 aromatic carbocycles. The molecule has 236 valence electrons. The van der Waals surface area contributed by atoms with Crippen molar-refractivity contribution in [2.45, 2.75) is 30.7 Å². The molecule has 2 fully saturated rings. The SMILES string of the molecule is CCS(=O)(=O)c1ccc([C@H](CO)NC(=O)c2ccc(N3CC[C@@H](Cc4ccc(OCCN5CCOCC5)cc4)C3)cc2)cc1. The van der Waals surface area contributed by atoms with E-state index in [0.29, 0.717) is 23.7 Å². The van der Waals surface area contributed by atoms with E-state index >= 15 is 0 Å².